The number of hydrogen-bond acceptors (Lipinski definition) is 3. The largest absolute Gasteiger partial charge is 0.342 e. The highest BCUT2D eigenvalue weighted by Crippen LogP contribution is 2.28. The van der Waals surface area contributed by atoms with E-state index in [4.69, 9.17) is 0 Å². The number of nitrogens with zero attached hydrogens (tertiary/aromatic N) is 3. The summed E-state index contributed by atoms with van der Waals surface area (Å²) < 4.78 is 1.97. The fraction of sp³-hybridized carbons (Fsp3) is 0.733. The molecule has 1 fully saturated rings. The van der Waals surface area contributed by atoms with Crippen molar-refractivity contribution >= 4 is 5.91 Å². The van der Waals surface area contributed by atoms with Gasteiger partial charge in [0.25, 0.3) is 0 Å². The molecule has 0 aromatic carbocycles. The lowest BCUT2D eigenvalue weighted by atomic mass is 9.91. The quantitative estimate of drug-likeness (QED) is 0.887. The van der Waals surface area contributed by atoms with Crippen LogP contribution in [-0.2, 0) is 11.3 Å². The second-order valence-electron chi connectivity index (χ2n) is 5.69. The van der Waals surface area contributed by atoms with Gasteiger partial charge < -0.3 is 10.2 Å². The van der Waals surface area contributed by atoms with Crippen LogP contribution in [0.4, 0.5) is 0 Å². The number of likely N-dealkylation sites (tertiary alicyclic amines) is 1. The zero-order valence-corrected chi connectivity index (χ0v) is 12.8. The third kappa shape index (κ3) is 3.39. The predicted octanol–water partition coefficient (Wildman–Crippen LogP) is 1.46. The van der Waals surface area contributed by atoms with E-state index in [9.17, 15) is 4.79 Å². The first kappa shape index (κ1) is 15.0. The lowest BCUT2D eigenvalue weighted by molar-refractivity contribution is -0.135. The first-order valence-electron chi connectivity index (χ1n) is 7.61. The summed E-state index contributed by atoms with van der Waals surface area (Å²) in [4.78, 5) is 14.3. The van der Waals surface area contributed by atoms with E-state index in [1.54, 1.807) is 0 Å². The van der Waals surface area contributed by atoms with E-state index in [0.29, 0.717) is 5.92 Å². The van der Waals surface area contributed by atoms with Gasteiger partial charge in [0.15, 0.2) is 0 Å². The average molecular weight is 278 g/mol. The molecule has 1 aromatic rings. The minimum atomic E-state index is 0.0689. The van der Waals surface area contributed by atoms with Gasteiger partial charge in [-0.15, -0.1) is 0 Å². The molecule has 0 radical (unpaired) electrons. The number of rotatable bonds is 5. The van der Waals surface area contributed by atoms with Crippen molar-refractivity contribution in [3.63, 3.8) is 0 Å². The molecule has 112 valence electrons. The van der Waals surface area contributed by atoms with Crippen molar-refractivity contribution < 1.29 is 4.79 Å². The van der Waals surface area contributed by atoms with Gasteiger partial charge >= 0.3 is 0 Å². The number of amides is 1. The van der Waals surface area contributed by atoms with Crippen LogP contribution in [0.3, 0.4) is 0 Å². The molecule has 2 rings (SSSR count). The zero-order valence-electron chi connectivity index (χ0n) is 12.8. The Hall–Kier alpha value is -1.36. The van der Waals surface area contributed by atoms with Crippen LogP contribution >= 0.6 is 0 Å². The highest BCUT2D eigenvalue weighted by atomic mass is 16.2. The number of aryl methyl sites for hydroxylation is 1. The van der Waals surface area contributed by atoms with Gasteiger partial charge in [0, 0.05) is 38.3 Å². The molecular formula is C15H26N4O. The lowest BCUT2D eigenvalue weighted by Gasteiger charge is -2.33. The molecule has 1 unspecified atom stereocenters. The van der Waals surface area contributed by atoms with E-state index < -0.39 is 0 Å². The first-order valence-corrected chi connectivity index (χ1v) is 7.61. The maximum atomic E-state index is 12.3. The molecule has 0 aliphatic carbocycles. The van der Waals surface area contributed by atoms with Gasteiger partial charge in [-0.05, 0) is 38.3 Å². The van der Waals surface area contributed by atoms with E-state index in [-0.39, 0.29) is 11.8 Å². The van der Waals surface area contributed by atoms with E-state index in [0.717, 1.165) is 39.0 Å². The fourth-order valence-corrected chi connectivity index (χ4v) is 2.90. The Balaban J connectivity index is 1.87. The SMILES string of the molecule is CCn1cc(C2CCN(C(=O)C(C)CNC)CC2)cn1. The highest BCUT2D eigenvalue weighted by Gasteiger charge is 2.26. The summed E-state index contributed by atoms with van der Waals surface area (Å²) in [6.07, 6.45) is 6.22. The van der Waals surface area contributed by atoms with Crippen LogP contribution in [0.1, 0.15) is 38.2 Å². The number of piperidine rings is 1. The Bertz CT molecular complexity index is 435. The Morgan fingerprint density at radius 3 is 2.75 bits per heavy atom. The van der Waals surface area contributed by atoms with E-state index in [1.807, 2.05) is 29.7 Å². The summed E-state index contributed by atoms with van der Waals surface area (Å²) in [5, 5.41) is 7.42. The van der Waals surface area contributed by atoms with Gasteiger partial charge in [0.05, 0.1) is 6.20 Å². The highest BCUT2D eigenvalue weighted by molar-refractivity contribution is 5.78. The number of nitrogens with one attached hydrogen (secondary N) is 1. The number of aromatic nitrogens is 2. The van der Waals surface area contributed by atoms with Crippen LogP contribution in [-0.4, -0.2) is 47.3 Å². The van der Waals surface area contributed by atoms with Gasteiger partial charge in [-0.25, -0.2) is 0 Å². The number of carbonyl (C=O) groups excluding carboxylic acids is 1. The maximum absolute atomic E-state index is 12.3. The Labute approximate surface area is 121 Å². The third-order valence-corrected chi connectivity index (χ3v) is 4.19. The van der Waals surface area contributed by atoms with Crippen molar-refractivity contribution in [2.75, 3.05) is 26.7 Å². The summed E-state index contributed by atoms with van der Waals surface area (Å²) in [6, 6.07) is 0. The third-order valence-electron chi connectivity index (χ3n) is 4.19. The molecule has 2 heterocycles. The number of carbonyl (C=O) groups is 1. The molecule has 1 aliphatic heterocycles. The summed E-state index contributed by atoms with van der Waals surface area (Å²) in [6.45, 7) is 7.50. The summed E-state index contributed by atoms with van der Waals surface area (Å²) in [7, 11) is 1.89. The van der Waals surface area contributed by atoms with E-state index in [1.165, 1.54) is 5.56 Å². The molecule has 5 heteroatoms. The molecule has 1 aromatic heterocycles. The Kier molecular flexibility index (Phi) is 5.17. The second kappa shape index (κ2) is 6.88. The summed E-state index contributed by atoms with van der Waals surface area (Å²) >= 11 is 0. The molecular weight excluding hydrogens is 252 g/mol. The molecule has 5 nitrogen and oxygen atoms in total. The van der Waals surface area contributed by atoms with Crippen molar-refractivity contribution in [2.24, 2.45) is 5.92 Å². The maximum Gasteiger partial charge on any atom is 0.226 e. The monoisotopic (exact) mass is 278 g/mol. The van der Waals surface area contributed by atoms with Gasteiger partial charge in [-0.1, -0.05) is 6.92 Å². The van der Waals surface area contributed by atoms with Crippen LogP contribution in [0.2, 0.25) is 0 Å². The molecule has 1 aliphatic rings. The smallest absolute Gasteiger partial charge is 0.226 e. The topological polar surface area (TPSA) is 50.2 Å². The standard InChI is InChI=1S/C15H26N4O/c1-4-19-11-14(10-17-19)13-5-7-18(8-6-13)15(20)12(2)9-16-3/h10-13,16H,4-9H2,1-3H3. The van der Waals surface area contributed by atoms with Gasteiger partial charge in [-0.3, -0.25) is 9.48 Å². The predicted molar refractivity (Wildman–Crippen MR) is 79.5 cm³/mol. The van der Waals surface area contributed by atoms with E-state index >= 15 is 0 Å². The molecule has 0 saturated carbocycles. The fourth-order valence-electron chi connectivity index (χ4n) is 2.90. The normalized spacial score (nSPS) is 18.2. The Morgan fingerprint density at radius 1 is 1.50 bits per heavy atom. The van der Waals surface area contributed by atoms with Crippen LogP contribution in [0.5, 0.6) is 0 Å². The first-order chi connectivity index (χ1) is 9.65. The lowest BCUT2D eigenvalue weighted by Crippen LogP contribution is -2.42. The molecule has 1 amide bonds. The summed E-state index contributed by atoms with van der Waals surface area (Å²) in [5.41, 5.74) is 1.32. The van der Waals surface area contributed by atoms with Gasteiger partial charge in [0.2, 0.25) is 5.91 Å². The molecule has 0 spiro atoms. The molecule has 1 saturated heterocycles. The van der Waals surface area contributed by atoms with Gasteiger partial charge in [-0.2, -0.15) is 5.10 Å². The van der Waals surface area contributed by atoms with Crippen LogP contribution < -0.4 is 5.32 Å². The van der Waals surface area contributed by atoms with Crippen molar-refractivity contribution in [2.45, 2.75) is 39.2 Å². The minimum Gasteiger partial charge on any atom is -0.342 e. The second-order valence-corrected chi connectivity index (χ2v) is 5.69. The van der Waals surface area contributed by atoms with Gasteiger partial charge in [0.1, 0.15) is 0 Å². The number of hydrogen-bond donors (Lipinski definition) is 1. The summed E-state index contributed by atoms with van der Waals surface area (Å²) in [5.74, 6) is 0.903. The van der Waals surface area contributed by atoms with Crippen molar-refractivity contribution in [1.29, 1.82) is 0 Å². The van der Waals surface area contributed by atoms with E-state index in [2.05, 4.69) is 23.5 Å². The molecule has 20 heavy (non-hydrogen) atoms. The average Bonchev–Trinajstić information content (AvgIpc) is 2.96. The minimum absolute atomic E-state index is 0.0689. The van der Waals surface area contributed by atoms with Crippen molar-refractivity contribution in [3.05, 3.63) is 18.0 Å². The molecule has 0 bridgehead atoms. The van der Waals surface area contributed by atoms with Crippen LogP contribution in [0.15, 0.2) is 12.4 Å². The molecule has 1 atom stereocenters. The van der Waals surface area contributed by atoms with Crippen LogP contribution in [0.25, 0.3) is 0 Å². The Morgan fingerprint density at radius 2 is 2.20 bits per heavy atom. The van der Waals surface area contributed by atoms with Crippen LogP contribution in [0, 0.1) is 5.92 Å². The van der Waals surface area contributed by atoms with Crippen molar-refractivity contribution in [1.82, 2.24) is 20.0 Å². The molecule has 1 N–H and O–H groups in total. The zero-order chi connectivity index (χ0) is 14.5. The van der Waals surface area contributed by atoms with Crippen molar-refractivity contribution in [3.8, 4) is 0 Å².